The van der Waals surface area contributed by atoms with Gasteiger partial charge in [0.1, 0.15) is 0 Å². The van der Waals surface area contributed by atoms with E-state index in [-0.39, 0.29) is 18.5 Å². The van der Waals surface area contributed by atoms with E-state index < -0.39 is 12.1 Å². The summed E-state index contributed by atoms with van der Waals surface area (Å²) in [6.07, 6.45) is 91.0. The molecular formula is C76H147NO5. The molecule has 0 fully saturated rings. The van der Waals surface area contributed by atoms with Gasteiger partial charge in [-0.2, -0.15) is 0 Å². The molecule has 0 aliphatic heterocycles. The van der Waals surface area contributed by atoms with Gasteiger partial charge in [-0.15, -0.1) is 0 Å². The standard InChI is InChI=1S/C76H147NO5/c1-3-5-7-9-11-13-15-17-19-21-33-38-42-46-50-54-58-62-66-70-76(81)82-71-67-63-59-55-51-47-43-39-35-32-30-28-26-24-23-25-27-29-31-34-37-41-45-49-53-57-61-65-69-75(80)77-73(72-78)74(79)68-64-60-56-52-48-44-40-36-22-20-18-16-14-12-10-8-6-4-2/h11,13,17,19,73-74,78-79H,3-10,12,14-16,18,20-72H2,1-2H3,(H,77,80)/b13-11-,19-17-. The van der Waals surface area contributed by atoms with Gasteiger partial charge in [-0.25, -0.2) is 0 Å². The molecule has 2 unspecified atom stereocenters. The topological polar surface area (TPSA) is 95.9 Å². The largest absolute Gasteiger partial charge is 0.466 e. The zero-order chi connectivity index (χ0) is 59.2. The van der Waals surface area contributed by atoms with E-state index in [1.807, 2.05) is 0 Å². The average molecular weight is 1160 g/mol. The van der Waals surface area contributed by atoms with E-state index in [1.54, 1.807) is 0 Å². The minimum Gasteiger partial charge on any atom is -0.466 e. The summed E-state index contributed by atoms with van der Waals surface area (Å²) in [6.45, 7) is 4.97. The van der Waals surface area contributed by atoms with Crippen LogP contribution in [0, 0.1) is 0 Å². The Morgan fingerprint density at radius 1 is 0.341 bits per heavy atom. The number of allylic oxidation sites excluding steroid dienone is 4. The fourth-order valence-electron chi connectivity index (χ4n) is 12.0. The van der Waals surface area contributed by atoms with Crippen molar-refractivity contribution in [1.82, 2.24) is 5.32 Å². The van der Waals surface area contributed by atoms with Crippen LogP contribution in [0.1, 0.15) is 425 Å². The summed E-state index contributed by atoms with van der Waals surface area (Å²) in [4.78, 5) is 24.7. The summed E-state index contributed by atoms with van der Waals surface area (Å²) in [7, 11) is 0. The second-order valence-corrected chi connectivity index (χ2v) is 26.0. The number of aliphatic hydroxyl groups excluding tert-OH is 2. The third kappa shape index (κ3) is 67.5. The Hall–Kier alpha value is -1.66. The normalized spacial score (nSPS) is 12.6. The van der Waals surface area contributed by atoms with Crippen LogP contribution in [0.3, 0.4) is 0 Å². The Morgan fingerprint density at radius 3 is 0.951 bits per heavy atom. The summed E-state index contributed by atoms with van der Waals surface area (Å²) in [5, 5.41) is 23.4. The Kier molecular flexibility index (Phi) is 70.4. The van der Waals surface area contributed by atoms with Crippen molar-refractivity contribution < 1.29 is 24.5 Å². The van der Waals surface area contributed by atoms with Crippen LogP contribution in [0.25, 0.3) is 0 Å². The van der Waals surface area contributed by atoms with Crippen molar-refractivity contribution in [2.24, 2.45) is 0 Å². The molecule has 6 nitrogen and oxygen atoms in total. The van der Waals surface area contributed by atoms with Crippen molar-refractivity contribution in [3.05, 3.63) is 24.3 Å². The second kappa shape index (κ2) is 71.8. The molecule has 0 aromatic rings. The lowest BCUT2D eigenvalue weighted by atomic mass is 10.0. The fourth-order valence-corrected chi connectivity index (χ4v) is 12.0. The minimum atomic E-state index is -0.662. The summed E-state index contributed by atoms with van der Waals surface area (Å²) >= 11 is 0. The molecule has 1 amide bonds. The molecule has 0 rings (SSSR count). The van der Waals surface area contributed by atoms with Gasteiger partial charge < -0.3 is 20.3 Å². The third-order valence-electron chi connectivity index (χ3n) is 17.8. The number of carbonyl (C=O) groups excluding carboxylic acids is 2. The summed E-state index contributed by atoms with van der Waals surface area (Å²) in [6, 6.07) is -0.539. The van der Waals surface area contributed by atoms with Crippen LogP contribution < -0.4 is 5.32 Å². The zero-order valence-corrected chi connectivity index (χ0v) is 55.8. The summed E-state index contributed by atoms with van der Waals surface area (Å²) in [5.41, 5.74) is 0. The number of rotatable bonds is 71. The number of hydrogen-bond donors (Lipinski definition) is 3. The molecule has 0 radical (unpaired) electrons. The molecule has 0 aliphatic carbocycles. The Balaban J connectivity index is 3.33. The van der Waals surface area contributed by atoms with Gasteiger partial charge >= 0.3 is 5.97 Å². The summed E-state index contributed by atoms with van der Waals surface area (Å²) in [5.74, 6) is -0.0115. The van der Waals surface area contributed by atoms with Crippen LogP contribution in [0.4, 0.5) is 0 Å². The molecule has 82 heavy (non-hydrogen) atoms. The van der Waals surface area contributed by atoms with E-state index >= 15 is 0 Å². The predicted molar refractivity (Wildman–Crippen MR) is 361 cm³/mol. The molecular weight excluding hydrogens is 1010 g/mol. The number of esters is 1. The molecule has 0 aromatic heterocycles. The molecule has 486 valence electrons. The van der Waals surface area contributed by atoms with Crippen molar-refractivity contribution in [2.45, 2.75) is 437 Å². The highest BCUT2D eigenvalue weighted by atomic mass is 16.5. The molecule has 0 aromatic carbocycles. The van der Waals surface area contributed by atoms with Crippen molar-refractivity contribution >= 4 is 11.9 Å². The predicted octanol–water partition coefficient (Wildman–Crippen LogP) is 24.5. The number of nitrogens with one attached hydrogen (secondary N) is 1. The fraction of sp³-hybridized carbons (Fsp3) is 0.921. The van der Waals surface area contributed by atoms with E-state index in [2.05, 4.69) is 43.5 Å². The molecule has 2 atom stereocenters. The first-order valence-electron chi connectivity index (χ1n) is 37.6. The SMILES string of the molecule is CCCCC/C=C\C/C=C\CCCCCCCCCCCC(=O)OCCCCCCCCCCCCCCCCCCCCCCCCCCCCCCC(=O)NC(CO)C(O)CCCCCCCCCCCCCCCCCCCC. The third-order valence-corrected chi connectivity index (χ3v) is 17.8. The maximum Gasteiger partial charge on any atom is 0.305 e. The molecule has 0 saturated carbocycles. The highest BCUT2D eigenvalue weighted by Gasteiger charge is 2.20. The Labute approximate surface area is 513 Å². The molecule has 0 bridgehead atoms. The van der Waals surface area contributed by atoms with Crippen molar-refractivity contribution in [1.29, 1.82) is 0 Å². The lowest BCUT2D eigenvalue weighted by Crippen LogP contribution is -2.45. The molecule has 0 heterocycles. The van der Waals surface area contributed by atoms with Crippen LogP contribution in [-0.2, 0) is 14.3 Å². The highest BCUT2D eigenvalue weighted by Crippen LogP contribution is 2.20. The highest BCUT2D eigenvalue weighted by molar-refractivity contribution is 5.76. The maximum absolute atomic E-state index is 12.5. The number of aliphatic hydroxyl groups is 2. The number of unbranched alkanes of at least 4 members (excludes halogenated alkanes) is 56. The lowest BCUT2D eigenvalue weighted by molar-refractivity contribution is -0.143. The van der Waals surface area contributed by atoms with Gasteiger partial charge in [-0.1, -0.05) is 378 Å². The lowest BCUT2D eigenvalue weighted by Gasteiger charge is -2.22. The van der Waals surface area contributed by atoms with Crippen LogP contribution in [-0.4, -0.2) is 47.4 Å². The average Bonchev–Trinajstić information content (AvgIpc) is 3.48. The molecule has 0 saturated heterocycles. The monoisotopic (exact) mass is 1150 g/mol. The van der Waals surface area contributed by atoms with Crippen LogP contribution in [0.2, 0.25) is 0 Å². The van der Waals surface area contributed by atoms with Crippen molar-refractivity contribution in [3.8, 4) is 0 Å². The van der Waals surface area contributed by atoms with Gasteiger partial charge in [0, 0.05) is 12.8 Å². The molecule has 3 N–H and O–H groups in total. The minimum absolute atomic E-state index is 0.0160. The smallest absolute Gasteiger partial charge is 0.305 e. The Morgan fingerprint density at radius 2 is 0.610 bits per heavy atom. The van der Waals surface area contributed by atoms with Gasteiger partial charge in [0.2, 0.25) is 5.91 Å². The first kappa shape index (κ1) is 80.3. The van der Waals surface area contributed by atoms with Crippen LogP contribution >= 0.6 is 0 Å². The number of amides is 1. The van der Waals surface area contributed by atoms with Crippen LogP contribution in [0.15, 0.2) is 24.3 Å². The Bertz CT molecular complexity index is 1280. The van der Waals surface area contributed by atoms with E-state index in [0.717, 1.165) is 51.4 Å². The van der Waals surface area contributed by atoms with E-state index in [0.29, 0.717) is 25.9 Å². The van der Waals surface area contributed by atoms with E-state index in [1.165, 1.54) is 340 Å². The maximum atomic E-state index is 12.5. The van der Waals surface area contributed by atoms with Gasteiger partial charge in [0.25, 0.3) is 0 Å². The first-order chi connectivity index (χ1) is 40.5. The van der Waals surface area contributed by atoms with E-state index in [9.17, 15) is 19.8 Å². The quantitative estimate of drug-likeness (QED) is 0.0320. The molecule has 6 heteroatoms. The van der Waals surface area contributed by atoms with Gasteiger partial charge in [-0.3, -0.25) is 9.59 Å². The summed E-state index contributed by atoms with van der Waals surface area (Å²) < 4.78 is 5.51. The van der Waals surface area contributed by atoms with E-state index in [4.69, 9.17) is 4.74 Å². The first-order valence-corrected chi connectivity index (χ1v) is 37.6. The van der Waals surface area contributed by atoms with Crippen LogP contribution in [0.5, 0.6) is 0 Å². The van der Waals surface area contributed by atoms with Crippen molar-refractivity contribution in [3.63, 3.8) is 0 Å². The van der Waals surface area contributed by atoms with Gasteiger partial charge in [-0.05, 0) is 57.8 Å². The number of hydrogen-bond acceptors (Lipinski definition) is 5. The van der Waals surface area contributed by atoms with Gasteiger partial charge in [0.15, 0.2) is 0 Å². The number of ether oxygens (including phenoxy) is 1. The van der Waals surface area contributed by atoms with Crippen molar-refractivity contribution in [2.75, 3.05) is 13.2 Å². The second-order valence-electron chi connectivity index (χ2n) is 26.0. The number of carbonyl (C=O) groups is 2. The van der Waals surface area contributed by atoms with Gasteiger partial charge in [0.05, 0.1) is 25.4 Å². The molecule has 0 aliphatic rings. The molecule has 0 spiro atoms. The zero-order valence-electron chi connectivity index (χ0n) is 55.8.